The van der Waals surface area contributed by atoms with Gasteiger partial charge in [-0.15, -0.1) is 0 Å². The number of nitrogens with zero attached hydrogens (tertiary/aromatic N) is 1. The van der Waals surface area contributed by atoms with Crippen LogP contribution in [0.1, 0.15) is 45.1 Å². The molecule has 0 aliphatic heterocycles. The maximum absolute atomic E-state index is 12.0. The van der Waals surface area contributed by atoms with Gasteiger partial charge in [-0.2, -0.15) is 0 Å². The van der Waals surface area contributed by atoms with Crippen LogP contribution in [0.25, 0.3) is 0 Å². The van der Waals surface area contributed by atoms with Crippen LogP contribution in [0, 0.1) is 5.92 Å². The van der Waals surface area contributed by atoms with Crippen molar-refractivity contribution in [2.45, 2.75) is 45.6 Å². The van der Waals surface area contributed by atoms with Crippen molar-refractivity contribution in [3.63, 3.8) is 0 Å². The minimum atomic E-state index is -0.150. The summed E-state index contributed by atoms with van der Waals surface area (Å²) < 4.78 is 10.7. The van der Waals surface area contributed by atoms with Crippen molar-refractivity contribution in [1.29, 1.82) is 0 Å². The number of hydrogen-bond donors (Lipinski definition) is 1. The zero-order chi connectivity index (χ0) is 18.9. The molecule has 0 aromatic heterocycles. The first-order valence-electron chi connectivity index (χ1n) is 9.00. The molecular weight excluding hydrogens is 356 g/mol. The number of carbonyl (C=O) groups excluding carboxylic acids is 1. The molecule has 1 aliphatic rings. The Labute approximate surface area is 159 Å². The van der Waals surface area contributed by atoms with Crippen LogP contribution in [-0.2, 0) is 9.63 Å². The number of carbonyl (C=O) groups is 1. The number of hydrogen-bond acceptors (Lipinski definition) is 5. The monoisotopic (exact) mass is 382 g/mol. The predicted octanol–water partition coefficient (Wildman–Crippen LogP) is 3.79. The van der Waals surface area contributed by atoms with Crippen LogP contribution < -0.4 is 14.8 Å². The van der Waals surface area contributed by atoms with E-state index >= 15 is 0 Å². The number of nitrogens with one attached hydrogen (secondary N) is 1. The van der Waals surface area contributed by atoms with Crippen molar-refractivity contribution in [2.24, 2.45) is 11.1 Å². The van der Waals surface area contributed by atoms with E-state index in [1.54, 1.807) is 19.2 Å². The number of halogens is 1. The summed E-state index contributed by atoms with van der Waals surface area (Å²) in [7, 11) is 1.54. The van der Waals surface area contributed by atoms with Gasteiger partial charge in [0.1, 0.15) is 0 Å². The topological polar surface area (TPSA) is 69.2 Å². The molecule has 26 heavy (non-hydrogen) atoms. The van der Waals surface area contributed by atoms with Crippen LogP contribution in [0.5, 0.6) is 11.5 Å². The van der Waals surface area contributed by atoms with Crippen LogP contribution in [0.15, 0.2) is 17.3 Å². The number of benzene rings is 1. The maximum Gasteiger partial charge on any atom is 0.261 e. The van der Waals surface area contributed by atoms with Crippen molar-refractivity contribution in [3.8, 4) is 11.5 Å². The Hall–Kier alpha value is -1.95. The van der Waals surface area contributed by atoms with Gasteiger partial charge in [0, 0.05) is 11.6 Å². The van der Waals surface area contributed by atoms with E-state index in [0.717, 1.165) is 19.3 Å². The fourth-order valence-corrected chi connectivity index (χ4v) is 3.35. The van der Waals surface area contributed by atoms with E-state index in [1.165, 1.54) is 12.6 Å². The normalized spacial score (nSPS) is 20.0. The largest absolute Gasteiger partial charge is 0.493 e. The Balaban J connectivity index is 1.86. The summed E-state index contributed by atoms with van der Waals surface area (Å²) in [6, 6.07) is 3.68. The lowest BCUT2D eigenvalue weighted by Crippen LogP contribution is -2.42. The lowest BCUT2D eigenvalue weighted by Gasteiger charge is -2.29. The standard InChI is InChI=1S/C19H27ClN2O4/c1-4-25-19-15(20)9-14(10-17(19)24-3)11-21-26-12-18(23)22-16-8-6-5-7-13(16)2/h9-11,13,16H,4-8,12H2,1-3H3,(H,22,23)/b21-11-/t13-,16+/m0/s1. The second kappa shape index (κ2) is 10.3. The second-order valence-electron chi connectivity index (χ2n) is 6.41. The fourth-order valence-electron chi connectivity index (χ4n) is 3.07. The highest BCUT2D eigenvalue weighted by atomic mass is 35.5. The van der Waals surface area contributed by atoms with E-state index in [2.05, 4.69) is 17.4 Å². The van der Waals surface area contributed by atoms with E-state index < -0.39 is 0 Å². The maximum atomic E-state index is 12.0. The Morgan fingerprint density at radius 1 is 1.38 bits per heavy atom. The van der Waals surface area contributed by atoms with E-state index in [9.17, 15) is 4.79 Å². The summed E-state index contributed by atoms with van der Waals surface area (Å²) >= 11 is 6.21. The van der Waals surface area contributed by atoms with E-state index in [1.807, 2.05) is 6.92 Å². The summed E-state index contributed by atoms with van der Waals surface area (Å²) in [5.41, 5.74) is 0.691. The smallest absolute Gasteiger partial charge is 0.261 e. The van der Waals surface area contributed by atoms with Gasteiger partial charge in [-0.1, -0.05) is 36.5 Å². The Morgan fingerprint density at radius 3 is 2.85 bits per heavy atom. The van der Waals surface area contributed by atoms with Crippen molar-refractivity contribution in [2.75, 3.05) is 20.3 Å². The number of rotatable bonds is 8. The van der Waals surface area contributed by atoms with Gasteiger partial charge in [0.15, 0.2) is 18.1 Å². The molecule has 144 valence electrons. The minimum absolute atomic E-state index is 0.110. The first-order chi connectivity index (χ1) is 12.5. The third-order valence-corrected chi connectivity index (χ3v) is 4.75. The van der Waals surface area contributed by atoms with Gasteiger partial charge >= 0.3 is 0 Å². The van der Waals surface area contributed by atoms with Crippen molar-refractivity contribution < 1.29 is 19.1 Å². The average molecular weight is 383 g/mol. The molecule has 7 heteroatoms. The van der Waals surface area contributed by atoms with Crippen LogP contribution >= 0.6 is 11.6 Å². The number of ether oxygens (including phenoxy) is 2. The van der Waals surface area contributed by atoms with Gasteiger partial charge in [-0.25, -0.2) is 0 Å². The average Bonchev–Trinajstić information content (AvgIpc) is 2.62. The molecule has 1 aliphatic carbocycles. The summed E-state index contributed by atoms with van der Waals surface area (Å²) in [4.78, 5) is 17.1. The van der Waals surface area contributed by atoms with Crippen molar-refractivity contribution >= 4 is 23.7 Å². The molecule has 1 aromatic carbocycles. The van der Waals surface area contributed by atoms with E-state index in [0.29, 0.717) is 34.6 Å². The molecule has 1 N–H and O–H groups in total. The first-order valence-corrected chi connectivity index (χ1v) is 9.38. The van der Waals surface area contributed by atoms with Crippen LogP contribution in [0.3, 0.4) is 0 Å². The molecule has 0 radical (unpaired) electrons. The third kappa shape index (κ3) is 5.80. The van der Waals surface area contributed by atoms with E-state index in [4.69, 9.17) is 25.9 Å². The van der Waals surface area contributed by atoms with Crippen LogP contribution in [-0.4, -0.2) is 38.5 Å². The lowest BCUT2D eigenvalue weighted by molar-refractivity contribution is -0.126. The molecule has 0 spiro atoms. The molecule has 0 saturated heterocycles. The third-order valence-electron chi connectivity index (χ3n) is 4.47. The number of oxime groups is 1. The number of methoxy groups -OCH3 is 1. The van der Waals surface area contributed by atoms with Gasteiger partial charge in [0.05, 0.1) is 25.0 Å². The van der Waals surface area contributed by atoms with Gasteiger partial charge in [0.25, 0.3) is 5.91 Å². The molecule has 0 bridgehead atoms. The molecule has 2 rings (SSSR count). The van der Waals surface area contributed by atoms with Gasteiger partial charge in [0.2, 0.25) is 0 Å². The summed E-state index contributed by atoms with van der Waals surface area (Å²) in [6.07, 6.45) is 6.07. The lowest BCUT2D eigenvalue weighted by atomic mass is 9.86. The highest BCUT2D eigenvalue weighted by molar-refractivity contribution is 6.32. The summed E-state index contributed by atoms with van der Waals surface area (Å²) in [5.74, 6) is 1.37. The molecular formula is C19H27ClN2O4. The predicted molar refractivity (Wildman–Crippen MR) is 102 cm³/mol. The molecule has 1 saturated carbocycles. The minimum Gasteiger partial charge on any atom is -0.493 e. The Morgan fingerprint density at radius 2 is 2.15 bits per heavy atom. The van der Waals surface area contributed by atoms with Crippen LogP contribution in [0.4, 0.5) is 0 Å². The van der Waals surface area contributed by atoms with E-state index in [-0.39, 0.29) is 18.6 Å². The second-order valence-corrected chi connectivity index (χ2v) is 6.82. The van der Waals surface area contributed by atoms with Crippen LogP contribution in [0.2, 0.25) is 5.02 Å². The van der Waals surface area contributed by atoms with Crippen molar-refractivity contribution in [3.05, 3.63) is 22.7 Å². The molecule has 0 unspecified atom stereocenters. The number of amides is 1. The highest BCUT2D eigenvalue weighted by Crippen LogP contribution is 2.36. The molecule has 1 fully saturated rings. The molecule has 1 aromatic rings. The zero-order valence-corrected chi connectivity index (χ0v) is 16.3. The van der Waals surface area contributed by atoms with Crippen molar-refractivity contribution in [1.82, 2.24) is 5.32 Å². The summed E-state index contributed by atoms with van der Waals surface area (Å²) in [6.45, 7) is 4.42. The zero-order valence-electron chi connectivity index (χ0n) is 15.6. The first kappa shape index (κ1) is 20.4. The SMILES string of the molecule is CCOc1c(Cl)cc(/C=N\OCC(=O)N[C@@H]2CCCC[C@@H]2C)cc1OC. The highest BCUT2D eigenvalue weighted by Gasteiger charge is 2.22. The summed E-state index contributed by atoms with van der Waals surface area (Å²) in [5, 5.41) is 7.29. The Kier molecular flexibility index (Phi) is 8.04. The van der Waals surface area contributed by atoms with Gasteiger partial charge < -0.3 is 19.6 Å². The molecule has 0 heterocycles. The molecule has 6 nitrogen and oxygen atoms in total. The quantitative estimate of drug-likeness (QED) is 0.548. The van der Waals surface area contributed by atoms with Gasteiger partial charge in [-0.05, 0) is 37.8 Å². The van der Waals surface area contributed by atoms with Gasteiger partial charge in [-0.3, -0.25) is 4.79 Å². The Bertz CT molecular complexity index is 636. The molecule has 2 atom stereocenters. The molecule has 1 amide bonds. The fraction of sp³-hybridized carbons (Fsp3) is 0.579.